The molecule has 4 rings (SSSR count). The second-order valence-corrected chi connectivity index (χ2v) is 8.48. The second-order valence-electron chi connectivity index (χ2n) is 8.48. The molecule has 1 aromatic heterocycles. The van der Waals surface area contributed by atoms with Gasteiger partial charge in [-0.15, -0.1) is 0 Å². The van der Waals surface area contributed by atoms with E-state index in [1.807, 2.05) is 41.4 Å². The summed E-state index contributed by atoms with van der Waals surface area (Å²) in [6.45, 7) is 2.44. The van der Waals surface area contributed by atoms with Crippen LogP contribution in [0.1, 0.15) is 49.7 Å². The van der Waals surface area contributed by atoms with E-state index in [2.05, 4.69) is 4.98 Å². The number of benzene rings is 1. The molecule has 0 radical (unpaired) electrons. The van der Waals surface area contributed by atoms with Gasteiger partial charge in [0.1, 0.15) is 6.10 Å². The molecular formula is C25H32N2O4. The first-order chi connectivity index (χ1) is 15.2. The number of ether oxygens (including phenoxy) is 3. The van der Waals surface area contributed by atoms with E-state index in [1.54, 1.807) is 13.3 Å². The average Bonchev–Trinajstić information content (AvgIpc) is 3.33. The van der Waals surface area contributed by atoms with Gasteiger partial charge in [0.15, 0.2) is 11.5 Å². The van der Waals surface area contributed by atoms with Gasteiger partial charge < -0.3 is 19.1 Å². The van der Waals surface area contributed by atoms with Gasteiger partial charge in [-0.25, -0.2) is 0 Å². The minimum atomic E-state index is 0.0645. The van der Waals surface area contributed by atoms with Crippen LogP contribution in [0.25, 0.3) is 0 Å². The van der Waals surface area contributed by atoms with Crippen molar-refractivity contribution < 1.29 is 19.0 Å². The van der Waals surface area contributed by atoms with Crippen LogP contribution in [0, 0.1) is 5.92 Å². The third-order valence-electron chi connectivity index (χ3n) is 6.15. The molecule has 1 saturated carbocycles. The topological polar surface area (TPSA) is 60.9 Å². The zero-order valence-electron chi connectivity index (χ0n) is 18.3. The van der Waals surface area contributed by atoms with E-state index in [4.69, 9.17) is 14.2 Å². The predicted molar refractivity (Wildman–Crippen MR) is 118 cm³/mol. The minimum absolute atomic E-state index is 0.0645. The van der Waals surface area contributed by atoms with E-state index in [-0.39, 0.29) is 17.9 Å². The maximum absolute atomic E-state index is 13.4. The summed E-state index contributed by atoms with van der Waals surface area (Å²) in [4.78, 5) is 19.6. The van der Waals surface area contributed by atoms with Crippen LogP contribution in [0.3, 0.4) is 0 Å². The van der Waals surface area contributed by atoms with Crippen molar-refractivity contribution in [2.24, 2.45) is 5.92 Å². The third kappa shape index (κ3) is 5.76. The van der Waals surface area contributed by atoms with Gasteiger partial charge in [0.2, 0.25) is 5.91 Å². The molecular weight excluding hydrogens is 392 g/mol. The van der Waals surface area contributed by atoms with Crippen molar-refractivity contribution in [1.29, 1.82) is 0 Å². The lowest BCUT2D eigenvalue weighted by molar-refractivity contribution is -0.137. The summed E-state index contributed by atoms with van der Waals surface area (Å²) in [7, 11) is 1.65. The van der Waals surface area contributed by atoms with Gasteiger partial charge >= 0.3 is 0 Å². The Morgan fingerprint density at radius 2 is 1.94 bits per heavy atom. The lowest BCUT2D eigenvalue weighted by Crippen LogP contribution is -2.36. The van der Waals surface area contributed by atoms with E-state index in [0.717, 1.165) is 55.6 Å². The fraction of sp³-hybridized carbons (Fsp3) is 0.520. The van der Waals surface area contributed by atoms with Crippen LogP contribution in [0.15, 0.2) is 42.7 Å². The van der Waals surface area contributed by atoms with Crippen molar-refractivity contribution in [1.82, 2.24) is 9.88 Å². The lowest BCUT2D eigenvalue weighted by Gasteiger charge is -2.30. The van der Waals surface area contributed by atoms with Crippen molar-refractivity contribution in [3.63, 3.8) is 0 Å². The standard InChI is InChI=1S/C25H32N2O4/c1-29-24-14-19(9-10-23(24)31-22-11-13-30-18-22)16-27(17-20-6-5-12-26-15-20)25(28)21-7-3-2-4-8-21/h5-6,9-10,12,14-15,21-22H,2-4,7-8,11,13,16-18H2,1H3. The van der Waals surface area contributed by atoms with Gasteiger partial charge in [0.05, 0.1) is 20.3 Å². The van der Waals surface area contributed by atoms with Crippen LogP contribution in [0.5, 0.6) is 11.5 Å². The monoisotopic (exact) mass is 424 g/mol. The molecule has 2 fully saturated rings. The van der Waals surface area contributed by atoms with E-state index in [1.165, 1.54) is 6.42 Å². The molecule has 0 N–H and O–H groups in total. The SMILES string of the molecule is COc1cc(CN(Cc2cccnc2)C(=O)C2CCCCC2)ccc1OC1CCOC1. The number of hydrogen-bond acceptors (Lipinski definition) is 5. The molecule has 0 spiro atoms. The van der Waals surface area contributed by atoms with Gasteiger partial charge in [-0.3, -0.25) is 9.78 Å². The normalized spacial score (nSPS) is 19.2. The molecule has 1 aliphatic carbocycles. The van der Waals surface area contributed by atoms with Crippen molar-refractivity contribution in [3.05, 3.63) is 53.9 Å². The zero-order valence-corrected chi connectivity index (χ0v) is 18.3. The molecule has 1 aliphatic heterocycles. The highest BCUT2D eigenvalue weighted by molar-refractivity contribution is 5.79. The van der Waals surface area contributed by atoms with Gasteiger partial charge in [0, 0.05) is 37.8 Å². The molecule has 31 heavy (non-hydrogen) atoms. The van der Waals surface area contributed by atoms with Crippen molar-refractivity contribution in [2.45, 2.75) is 57.7 Å². The Kier molecular flexibility index (Phi) is 7.41. The Balaban J connectivity index is 1.51. The summed E-state index contributed by atoms with van der Waals surface area (Å²) in [5.74, 6) is 1.78. The Morgan fingerprint density at radius 3 is 2.65 bits per heavy atom. The lowest BCUT2D eigenvalue weighted by atomic mass is 9.88. The van der Waals surface area contributed by atoms with Gasteiger partial charge in [-0.2, -0.15) is 0 Å². The molecule has 1 saturated heterocycles. The van der Waals surface area contributed by atoms with Crippen molar-refractivity contribution >= 4 is 5.91 Å². The number of methoxy groups -OCH3 is 1. The molecule has 2 aromatic rings. The second kappa shape index (κ2) is 10.6. The first-order valence-electron chi connectivity index (χ1n) is 11.3. The maximum atomic E-state index is 13.4. The van der Waals surface area contributed by atoms with Crippen molar-refractivity contribution in [2.75, 3.05) is 20.3 Å². The zero-order chi connectivity index (χ0) is 21.5. The van der Waals surface area contributed by atoms with Crippen LogP contribution in [0.4, 0.5) is 0 Å². The molecule has 1 aromatic carbocycles. The van der Waals surface area contributed by atoms with E-state index < -0.39 is 0 Å². The fourth-order valence-corrected chi connectivity index (χ4v) is 4.45. The van der Waals surface area contributed by atoms with Gasteiger partial charge in [-0.1, -0.05) is 31.4 Å². The maximum Gasteiger partial charge on any atom is 0.226 e. The van der Waals surface area contributed by atoms with Crippen LogP contribution >= 0.6 is 0 Å². The molecule has 1 unspecified atom stereocenters. The number of rotatable bonds is 8. The number of aromatic nitrogens is 1. The number of pyridine rings is 1. The van der Waals surface area contributed by atoms with Crippen LogP contribution in [-0.2, 0) is 22.6 Å². The molecule has 2 heterocycles. The van der Waals surface area contributed by atoms with Crippen LogP contribution < -0.4 is 9.47 Å². The molecule has 1 amide bonds. The predicted octanol–water partition coefficient (Wildman–Crippen LogP) is 4.37. The number of nitrogens with zero attached hydrogens (tertiary/aromatic N) is 2. The summed E-state index contributed by atoms with van der Waals surface area (Å²) >= 11 is 0. The summed E-state index contributed by atoms with van der Waals surface area (Å²) in [6.07, 6.45) is 10.0. The Morgan fingerprint density at radius 1 is 1.10 bits per heavy atom. The smallest absolute Gasteiger partial charge is 0.226 e. The highest BCUT2D eigenvalue weighted by atomic mass is 16.6. The largest absolute Gasteiger partial charge is 0.493 e. The molecule has 6 nitrogen and oxygen atoms in total. The number of carbonyl (C=O) groups excluding carboxylic acids is 1. The number of hydrogen-bond donors (Lipinski definition) is 0. The van der Waals surface area contributed by atoms with E-state index in [0.29, 0.717) is 25.4 Å². The summed E-state index contributed by atoms with van der Waals surface area (Å²) in [5.41, 5.74) is 2.07. The minimum Gasteiger partial charge on any atom is -0.493 e. The molecule has 1 atom stereocenters. The fourth-order valence-electron chi connectivity index (χ4n) is 4.45. The Labute approximate surface area is 184 Å². The molecule has 2 aliphatic rings. The highest BCUT2D eigenvalue weighted by Crippen LogP contribution is 2.32. The van der Waals surface area contributed by atoms with Crippen molar-refractivity contribution in [3.8, 4) is 11.5 Å². The third-order valence-corrected chi connectivity index (χ3v) is 6.15. The summed E-state index contributed by atoms with van der Waals surface area (Å²) in [5, 5.41) is 0. The number of amides is 1. The van der Waals surface area contributed by atoms with Crippen LogP contribution in [-0.4, -0.2) is 42.2 Å². The first kappa shape index (κ1) is 21.6. The Hall–Kier alpha value is -2.60. The van der Waals surface area contributed by atoms with E-state index in [9.17, 15) is 4.79 Å². The van der Waals surface area contributed by atoms with Crippen LogP contribution in [0.2, 0.25) is 0 Å². The van der Waals surface area contributed by atoms with E-state index >= 15 is 0 Å². The summed E-state index contributed by atoms with van der Waals surface area (Å²) in [6, 6.07) is 9.89. The summed E-state index contributed by atoms with van der Waals surface area (Å²) < 4.78 is 17.1. The molecule has 6 heteroatoms. The van der Waals surface area contributed by atoms with Gasteiger partial charge in [0.25, 0.3) is 0 Å². The molecule has 166 valence electrons. The molecule has 0 bridgehead atoms. The quantitative estimate of drug-likeness (QED) is 0.630. The highest BCUT2D eigenvalue weighted by Gasteiger charge is 2.27. The average molecular weight is 425 g/mol. The first-order valence-corrected chi connectivity index (χ1v) is 11.3. The van der Waals surface area contributed by atoms with Gasteiger partial charge in [-0.05, 0) is 42.2 Å². The number of carbonyl (C=O) groups is 1. The Bertz CT molecular complexity index is 846.